The number of anilines is 1. The number of phenols is 1. The maximum atomic E-state index is 9.78. The van der Waals surface area contributed by atoms with Crippen molar-refractivity contribution in [2.75, 3.05) is 25.9 Å². The summed E-state index contributed by atoms with van der Waals surface area (Å²) in [5, 5.41) is 9.78. The molecule has 0 saturated carbocycles. The van der Waals surface area contributed by atoms with Gasteiger partial charge in [-0.3, -0.25) is 4.90 Å². The maximum Gasteiger partial charge on any atom is 0.120 e. The molecule has 0 amide bonds. The highest BCUT2D eigenvalue weighted by molar-refractivity contribution is 5.47. The van der Waals surface area contributed by atoms with E-state index in [1.165, 1.54) is 0 Å². The van der Waals surface area contributed by atoms with Gasteiger partial charge in [0.15, 0.2) is 0 Å². The first-order chi connectivity index (χ1) is 8.19. The van der Waals surface area contributed by atoms with E-state index in [2.05, 4.69) is 4.90 Å². The Kier molecular flexibility index (Phi) is 3.86. The number of ether oxygens (including phenoxy) is 1. The van der Waals surface area contributed by atoms with Crippen LogP contribution in [0.2, 0.25) is 0 Å². The molecular formula is C13H20N2O2. The van der Waals surface area contributed by atoms with Crippen LogP contribution in [-0.4, -0.2) is 36.3 Å². The van der Waals surface area contributed by atoms with E-state index in [1.807, 2.05) is 6.07 Å². The Morgan fingerprint density at radius 3 is 3.12 bits per heavy atom. The first-order valence-electron chi connectivity index (χ1n) is 6.01. The van der Waals surface area contributed by atoms with Crippen molar-refractivity contribution < 1.29 is 9.84 Å². The third kappa shape index (κ3) is 3.11. The summed E-state index contributed by atoms with van der Waals surface area (Å²) in [4.78, 5) is 2.30. The van der Waals surface area contributed by atoms with E-state index in [9.17, 15) is 5.11 Å². The van der Waals surface area contributed by atoms with Gasteiger partial charge < -0.3 is 15.6 Å². The molecule has 4 nitrogen and oxygen atoms in total. The van der Waals surface area contributed by atoms with Gasteiger partial charge >= 0.3 is 0 Å². The van der Waals surface area contributed by atoms with Gasteiger partial charge in [-0.1, -0.05) is 0 Å². The number of phenolic OH excluding ortho intramolecular Hbond substituents is 1. The molecule has 1 aromatic carbocycles. The monoisotopic (exact) mass is 236 g/mol. The minimum atomic E-state index is 0.312. The minimum Gasteiger partial charge on any atom is -0.508 e. The van der Waals surface area contributed by atoms with Crippen molar-refractivity contribution in [1.82, 2.24) is 4.90 Å². The standard InChI is InChI=1S/C13H20N2O2/c1-17-12-3-2-6-15(9-12)8-10-7-11(14)4-5-13(10)16/h4-5,7,12,16H,2-3,6,8-9,14H2,1H3. The lowest BCUT2D eigenvalue weighted by Crippen LogP contribution is -2.38. The lowest BCUT2D eigenvalue weighted by molar-refractivity contribution is 0.0283. The third-order valence-corrected chi connectivity index (χ3v) is 3.29. The summed E-state index contributed by atoms with van der Waals surface area (Å²) < 4.78 is 5.38. The lowest BCUT2D eigenvalue weighted by Gasteiger charge is -2.32. The predicted molar refractivity (Wildman–Crippen MR) is 67.8 cm³/mol. The molecule has 1 aliphatic rings. The van der Waals surface area contributed by atoms with Crippen LogP contribution in [-0.2, 0) is 11.3 Å². The van der Waals surface area contributed by atoms with Crippen molar-refractivity contribution >= 4 is 5.69 Å². The number of hydrogen-bond donors (Lipinski definition) is 2. The molecule has 3 N–H and O–H groups in total. The SMILES string of the molecule is COC1CCCN(Cc2cc(N)ccc2O)C1. The van der Waals surface area contributed by atoms with Crippen LogP contribution < -0.4 is 5.73 Å². The van der Waals surface area contributed by atoms with Crippen LogP contribution in [0.25, 0.3) is 0 Å². The first-order valence-corrected chi connectivity index (χ1v) is 6.01. The van der Waals surface area contributed by atoms with E-state index in [0.717, 1.165) is 38.0 Å². The van der Waals surface area contributed by atoms with Crippen LogP contribution in [0.5, 0.6) is 5.75 Å². The van der Waals surface area contributed by atoms with Crippen LogP contribution in [0.4, 0.5) is 5.69 Å². The largest absolute Gasteiger partial charge is 0.508 e. The summed E-state index contributed by atoms with van der Waals surface area (Å²) in [5.74, 6) is 0.318. The van der Waals surface area contributed by atoms with Crippen LogP contribution in [0.15, 0.2) is 18.2 Å². The number of methoxy groups -OCH3 is 1. The fraction of sp³-hybridized carbons (Fsp3) is 0.538. The highest BCUT2D eigenvalue weighted by Gasteiger charge is 2.20. The number of likely N-dealkylation sites (tertiary alicyclic amines) is 1. The molecule has 0 radical (unpaired) electrons. The Balaban J connectivity index is 2.02. The number of hydrogen-bond acceptors (Lipinski definition) is 4. The second-order valence-electron chi connectivity index (χ2n) is 4.62. The molecule has 1 saturated heterocycles. The zero-order chi connectivity index (χ0) is 12.3. The van der Waals surface area contributed by atoms with Crippen LogP contribution in [0.3, 0.4) is 0 Å². The van der Waals surface area contributed by atoms with E-state index < -0.39 is 0 Å². The van der Waals surface area contributed by atoms with Crippen LogP contribution in [0, 0.1) is 0 Å². The molecular weight excluding hydrogens is 216 g/mol. The second-order valence-corrected chi connectivity index (χ2v) is 4.62. The molecule has 0 spiro atoms. The van der Waals surface area contributed by atoms with Crippen LogP contribution >= 0.6 is 0 Å². The zero-order valence-electron chi connectivity index (χ0n) is 10.2. The van der Waals surface area contributed by atoms with Crippen molar-refractivity contribution in [3.8, 4) is 5.75 Å². The van der Waals surface area contributed by atoms with E-state index in [4.69, 9.17) is 10.5 Å². The Morgan fingerprint density at radius 2 is 2.35 bits per heavy atom. The quantitative estimate of drug-likeness (QED) is 0.618. The summed E-state index contributed by atoms with van der Waals surface area (Å²) in [7, 11) is 1.76. The van der Waals surface area contributed by atoms with Crippen molar-refractivity contribution in [2.45, 2.75) is 25.5 Å². The Hall–Kier alpha value is -1.26. The van der Waals surface area contributed by atoms with Gasteiger partial charge in [-0.05, 0) is 37.6 Å². The summed E-state index contributed by atoms with van der Waals surface area (Å²) in [6, 6.07) is 5.21. The normalized spacial score (nSPS) is 21.6. The average molecular weight is 236 g/mol. The van der Waals surface area contributed by atoms with Gasteiger partial charge in [0.2, 0.25) is 0 Å². The number of nitrogens with two attached hydrogens (primary N) is 1. The number of benzene rings is 1. The predicted octanol–water partition coefficient (Wildman–Crippen LogP) is 1.59. The molecule has 4 heteroatoms. The van der Waals surface area contributed by atoms with E-state index in [-0.39, 0.29) is 0 Å². The van der Waals surface area contributed by atoms with E-state index >= 15 is 0 Å². The number of nitrogen functional groups attached to an aromatic ring is 1. The lowest BCUT2D eigenvalue weighted by atomic mass is 10.1. The first kappa shape index (κ1) is 12.2. The molecule has 1 aliphatic heterocycles. The molecule has 0 bridgehead atoms. The highest BCUT2D eigenvalue weighted by atomic mass is 16.5. The molecule has 1 aromatic rings. The Morgan fingerprint density at radius 1 is 1.53 bits per heavy atom. The van der Waals surface area contributed by atoms with Gasteiger partial charge in [-0.15, -0.1) is 0 Å². The van der Waals surface area contributed by atoms with Gasteiger partial charge in [-0.25, -0.2) is 0 Å². The molecule has 1 unspecified atom stereocenters. The van der Waals surface area contributed by atoms with Gasteiger partial charge in [0.25, 0.3) is 0 Å². The average Bonchev–Trinajstić information content (AvgIpc) is 2.34. The van der Waals surface area contributed by atoms with Gasteiger partial charge in [0, 0.05) is 31.5 Å². The molecule has 0 aromatic heterocycles. The Bertz CT molecular complexity index is 382. The summed E-state index contributed by atoms with van der Waals surface area (Å²) >= 11 is 0. The van der Waals surface area contributed by atoms with Crippen LogP contribution in [0.1, 0.15) is 18.4 Å². The molecule has 2 rings (SSSR count). The van der Waals surface area contributed by atoms with Crippen molar-refractivity contribution in [3.63, 3.8) is 0 Å². The fourth-order valence-corrected chi connectivity index (χ4v) is 2.32. The van der Waals surface area contributed by atoms with Crippen molar-refractivity contribution in [2.24, 2.45) is 0 Å². The number of aromatic hydroxyl groups is 1. The highest BCUT2D eigenvalue weighted by Crippen LogP contribution is 2.23. The molecule has 17 heavy (non-hydrogen) atoms. The number of piperidine rings is 1. The molecule has 1 fully saturated rings. The topological polar surface area (TPSA) is 58.7 Å². The molecule has 0 aliphatic carbocycles. The number of rotatable bonds is 3. The fourth-order valence-electron chi connectivity index (χ4n) is 2.32. The second kappa shape index (κ2) is 5.38. The van der Waals surface area contributed by atoms with Gasteiger partial charge in [0.05, 0.1) is 6.10 Å². The molecule has 1 heterocycles. The van der Waals surface area contributed by atoms with E-state index in [0.29, 0.717) is 17.5 Å². The van der Waals surface area contributed by atoms with Gasteiger partial charge in [-0.2, -0.15) is 0 Å². The van der Waals surface area contributed by atoms with Crippen molar-refractivity contribution in [3.05, 3.63) is 23.8 Å². The third-order valence-electron chi connectivity index (χ3n) is 3.29. The molecule has 1 atom stereocenters. The minimum absolute atomic E-state index is 0.312. The summed E-state index contributed by atoms with van der Waals surface area (Å²) in [6.45, 7) is 2.70. The van der Waals surface area contributed by atoms with Crippen molar-refractivity contribution in [1.29, 1.82) is 0 Å². The maximum absolute atomic E-state index is 9.78. The zero-order valence-corrected chi connectivity index (χ0v) is 10.2. The summed E-state index contributed by atoms with van der Waals surface area (Å²) in [5.41, 5.74) is 7.31. The van der Waals surface area contributed by atoms with E-state index in [1.54, 1.807) is 19.2 Å². The smallest absolute Gasteiger partial charge is 0.120 e. The molecule has 94 valence electrons. The van der Waals surface area contributed by atoms with Gasteiger partial charge in [0.1, 0.15) is 5.75 Å². The number of nitrogens with zero attached hydrogens (tertiary/aromatic N) is 1. The Labute approximate surface area is 102 Å². The summed E-state index contributed by atoms with van der Waals surface area (Å²) in [6.07, 6.45) is 2.57.